The Morgan fingerprint density at radius 3 is 2.56 bits per heavy atom. The number of amides is 3. The summed E-state index contributed by atoms with van der Waals surface area (Å²) in [6.07, 6.45) is 2.80. The Balaban J connectivity index is 1.65. The van der Waals surface area contributed by atoms with Crippen molar-refractivity contribution in [1.29, 1.82) is 0 Å². The van der Waals surface area contributed by atoms with E-state index in [1.165, 1.54) is 0 Å². The molecular weight excluding hydrogens is 350 g/mol. The second-order valence-electron chi connectivity index (χ2n) is 6.94. The quantitative estimate of drug-likeness (QED) is 0.789. The molecule has 1 aromatic heterocycles. The lowest BCUT2D eigenvalue weighted by Gasteiger charge is -2.22. The van der Waals surface area contributed by atoms with Gasteiger partial charge in [0.2, 0.25) is 0 Å². The molecule has 0 saturated carbocycles. The summed E-state index contributed by atoms with van der Waals surface area (Å²) in [5, 5.41) is 7.13. The zero-order chi connectivity index (χ0) is 19.4. The number of carbonyl (C=O) groups excluding carboxylic acids is 3. The number of nitrogens with zero attached hydrogens (tertiary/aromatic N) is 4. The average Bonchev–Trinajstić information content (AvgIpc) is 3.27. The third-order valence-electron chi connectivity index (χ3n) is 4.89. The van der Waals surface area contributed by atoms with Crippen LogP contribution in [-0.4, -0.2) is 69.8 Å². The Hall–Kier alpha value is -2.58. The first kappa shape index (κ1) is 19.2. The molecule has 3 rings (SSSR count). The molecule has 1 aromatic rings. The Labute approximate surface area is 158 Å². The fourth-order valence-electron chi connectivity index (χ4n) is 3.43. The van der Waals surface area contributed by atoms with Crippen molar-refractivity contribution in [2.75, 3.05) is 26.2 Å². The summed E-state index contributed by atoms with van der Waals surface area (Å²) in [7, 11) is 0. The predicted octanol–water partition coefficient (Wildman–Crippen LogP) is 0.986. The summed E-state index contributed by atoms with van der Waals surface area (Å²) in [4.78, 5) is 40.3. The van der Waals surface area contributed by atoms with Crippen molar-refractivity contribution < 1.29 is 19.1 Å². The van der Waals surface area contributed by atoms with Crippen LogP contribution in [0.25, 0.3) is 0 Å². The van der Waals surface area contributed by atoms with Crippen LogP contribution in [0.1, 0.15) is 49.3 Å². The molecule has 0 radical (unpaired) electrons. The number of likely N-dealkylation sites (tertiary alicyclic amines) is 1. The number of urea groups is 1. The van der Waals surface area contributed by atoms with Crippen molar-refractivity contribution in [1.82, 2.24) is 24.9 Å². The van der Waals surface area contributed by atoms with Crippen LogP contribution < -0.4 is 5.32 Å². The number of fused-ring (bicyclic) bond motifs is 1. The molecule has 0 bridgehead atoms. The second-order valence-corrected chi connectivity index (χ2v) is 6.94. The lowest BCUT2D eigenvalue weighted by Crippen LogP contribution is -2.47. The average molecular weight is 377 g/mol. The molecule has 27 heavy (non-hydrogen) atoms. The molecule has 1 atom stereocenters. The second kappa shape index (κ2) is 8.41. The number of esters is 1. The number of nitrogens with one attached hydrogen (secondary N) is 1. The molecule has 1 unspecified atom stereocenters. The number of aromatic nitrogens is 2. The van der Waals surface area contributed by atoms with Gasteiger partial charge in [0, 0.05) is 26.2 Å². The van der Waals surface area contributed by atoms with Gasteiger partial charge in [-0.25, -0.2) is 9.59 Å². The highest BCUT2D eigenvalue weighted by atomic mass is 16.5. The van der Waals surface area contributed by atoms with Crippen molar-refractivity contribution in [3.63, 3.8) is 0 Å². The van der Waals surface area contributed by atoms with Gasteiger partial charge in [-0.05, 0) is 39.2 Å². The highest BCUT2D eigenvalue weighted by Crippen LogP contribution is 2.17. The van der Waals surface area contributed by atoms with Gasteiger partial charge in [-0.2, -0.15) is 5.10 Å². The molecule has 3 heterocycles. The maximum atomic E-state index is 12.6. The van der Waals surface area contributed by atoms with Gasteiger partial charge in [-0.15, -0.1) is 0 Å². The first-order valence-electron chi connectivity index (χ1n) is 9.57. The first-order valence-corrected chi connectivity index (χ1v) is 9.57. The molecule has 0 aliphatic carbocycles. The minimum absolute atomic E-state index is 0.0417. The third-order valence-corrected chi connectivity index (χ3v) is 4.89. The minimum Gasteiger partial charge on any atom is -0.464 e. The molecule has 2 aliphatic heterocycles. The summed E-state index contributed by atoms with van der Waals surface area (Å²) < 4.78 is 6.73. The molecule has 1 saturated heterocycles. The molecule has 0 spiro atoms. The van der Waals surface area contributed by atoms with E-state index >= 15 is 0 Å². The van der Waals surface area contributed by atoms with E-state index in [-0.39, 0.29) is 18.5 Å². The molecule has 0 aromatic carbocycles. The number of aryl methyl sites for hydroxylation is 1. The van der Waals surface area contributed by atoms with Crippen LogP contribution in [0.4, 0.5) is 4.79 Å². The molecular formula is C18H27N5O4. The predicted molar refractivity (Wildman–Crippen MR) is 97.0 cm³/mol. The lowest BCUT2D eigenvalue weighted by atomic mass is 10.3. The van der Waals surface area contributed by atoms with Crippen LogP contribution in [0.5, 0.6) is 0 Å². The van der Waals surface area contributed by atoms with Crippen LogP contribution in [0, 0.1) is 0 Å². The third kappa shape index (κ3) is 4.40. The van der Waals surface area contributed by atoms with E-state index in [0.29, 0.717) is 25.3 Å². The van der Waals surface area contributed by atoms with Gasteiger partial charge >= 0.3 is 12.0 Å². The molecule has 3 amide bonds. The SMILES string of the molecule is CCOC(=O)C(C)NC(=O)N1CCCn2nc(C(=O)N3CCCC3)cc2C1. The van der Waals surface area contributed by atoms with Gasteiger partial charge in [0.1, 0.15) is 6.04 Å². The number of ether oxygens (including phenoxy) is 1. The smallest absolute Gasteiger partial charge is 0.328 e. The highest BCUT2D eigenvalue weighted by molar-refractivity contribution is 5.92. The van der Waals surface area contributed by atoms with Crippen molar-refractivity contribution in [3.05, 3.63) is 17.5 Å². The Morgan fingerprint density at radius 2 is 1.85 bits per heavy atom. The number of hydrogen-bond donors (Lipinski definition) is 1. The van der Waals surface area contributed by atoms with Crippen LogP contribution in [0.15, 0.2) is 6.07 Å². The minimum atomic E-state index is -0.710. The van der Waals surface area contributed by atoms with E-state index < -0.39 is 12.0 Å². The topological polar surface area (TPSA) is 96.8 Å². The summed E-state index contributed by atoms with van der Waals surface area (Å²) in [5.41, 5.74) is 1.27. The molecule has 148 valence electrons. The largest absolute Gasteiger partial charge is 0.464 e. The van der Waals surface area contributed by atoms with Gasteiger partial charge in [0.25, 0.3) is 5.91 Å². The van der Waals surface area contributed by atoms with Gasteiger partial charge in [-0.3, -0.25) is 9.48 Å². The Kier molecular flexibility index (Phi) is 5.98. The Bertz CT molecular complexity index is 711. The summed E-state index contributed by atoms with van der Waals surface area (Å²) in [5.74, 6) is -0.496. The van der Waals surface area contributed by atoms with Gasteiger partial charge < -0.3 is 19.9 Å². The molecule has 1 fully saturated rings. The fourth-order valence-corrected chi connectivity index (χ4v) is 3.43. The number of rotatable bonds is 4. The summed E-state index contributed by atoms with van der Waals surface area (Å²) in [6, 6.07) is 0.747. The van der Waals surface area contributed by atoms with Gasteiger partial charge in [0.15, 0.2) is 5.69 Å². The van der Waals surface area contributed by atoms with Crippen LogP contribution in [-0.2, 0) is 22.6 Å². The zero-order valence-electron chi connectivity index (χ0n) is 15.9. The van der Waals surface area contributed by atoms with Crippen molar-refractivity contribution in [2.24, 2.45) is 0 Å². The monoisotopic (exact) mass is 377 g/mol. The molecule has 9 heteroatoms. The van der Waals surface area contributed by atoms with E-state index in [4.69, 9.17) is 4.74 Å². The summed E-state index contributed by atoms with van der Waals surface area (Å²) >= 11 is 0. The van der Waals surface area contributed by atoms with Crippen LogP contribution in [0.2, 0.25) is 0 Å². The van der Waals surface area contributed by atoms with Crippen LogP contribution >= 0.6 is 0 Å². The van der Waals surface area contributed by atoms with Gasteiger partial charge in [0.05, 0.1) is 18.8 Å². The molecule has 2 aliphatic rings. The standard InChI is InChI=1S/C18H27N5O4/c1-3-27-17(25)13(2)19-18(26)22-9-6-10-23-14(12-22)11-15(20-23)16(24)21-7-4-5-8-21/h11,13H,3-10,12H2,1-2H3,(H,19,26). The number of carbonyl (C=O) groups is 3. The van der Waals surface area contributed by atoms with Crippen molar-refractivity contribution >= 4 is 17.9 Å². The molecule has 1 N–H and O–H groups in total. The fraction of sp³-hybridized carbons (Fsp3) is 0.667. The maximum Gasteiger partial charge on any atom is 0.328 e. The van der Waals surface area contributed by atoms with Crippen molar-refractivity contribution in [3.8, 4) is 0 Å². The molecule has 9 nitrogen and oxygen atoms in total. The zero-order valence-corrected chi connectivity index (χ0v) is 15.9. The Morgan fingerprint density at radius 1 is 1.15 bits per heavy atom. The maximum absolute atomic E-state index is 12.6. The normalized spacial score (nSPS) is 17.9. The number of hydrogen-bond acceptors (Lipinski definition) is 5. The first-order chi connectivity index (χ1) is 13.0. The van der Waals surface area contributed by atoms with E-state index in [1.54, 1.807) is 24.8 Å². The van der Waals surface area contributed by atoms with E-state index in [9.17, 15) is 14.4 Å². The van der Waals surface area contributed by atoms with Crippen molar-refractivity contribution in [2.45, 2.75) is 52.2 Å². The van der Waals surface area contributed by atoms with E-state index in [1.807, 2.05) is 9.58 Å². The van der Waals surface area contributed by atoms with E-state index in [0.717, 1.165) is 38.0 Å². The van der Waals surface area contributed by atoms with Gasteiger partial charge in [-0.1, -0.05) is 0 Å². The highest BCUT2D eigenvalue weighted by Gasteiger charge is 2.27. The summed E-state index contributed by atoms with van der Waals surface area (Å²) in [6.45, 7) is 6.72. The lowest BCUT2D eigenvalue weighted by molar-refractivity contribution is -0.144. The van der Waals surface area contributed by atoms with Crippen LogP contribution in [0.3, 0.4) is 0 Å². The van der Waals surface area contributed by atoms with E-state index in [2.05, 4.69) is 10.4 Å².